The van der Waals surface area contributed by atoms with Crippen LogP contribution in [-0.2, 0) is 38.7 Å². The van der Waals surface area contributed by atoms with E-state index in [-0.39, 0.29) is 19.4 Å². The number of allylic oxidation sites excluding steroid dienone is 2. The average molecular weight is 751 g/mol. The van der Waals surface area contributed by atoms with E-state index in [9.17, 15) is 37.9 Å². The minimum Gasteiger partial charge on any atom is -0.462 e. The molecular formula is C38H70O12S. The minimum absolute atomic E-state index is 0.147. The van der Waals surface area contributed by atoms with E-state index in [1.165, 1.54) is 77.0 Å². The van der Waals surface area contributed by atoms with Gasteiger partial charge in [0.2, 0.25) is 0 Å². The Bertz CT molecular complexity index is 1020. The summed E-state index contributed by atoms with van der Waals surface area (Å²) in [7, 11) is -4.59. The van der Waals surface area contributed by atoms with Crippen LogP contribution in [0.1, 0.15) is 162 Å². The van der Waals surface area contributed by atoms with Crippen molar-refractivity contribution in [3.63, 3.8) is 0 Å². The predicted molar refractivity (Wildman–Crippen MR) is 197 cm³/mol. The molecule has 0 spiro atoms. The van der Waals surface area contributed by atoms with Crippen molar-refractivity contribution in [3.05, 3.63) is 12.2 Å². The highest BCUT2D eigenvalue weighted by molar-refractivity contribution is 7.85. The maximum atomic E-state index is 12.7. The summed E-state index contributed by atoms with van der Waals surface area (Å²) >= 11 is 0. The standard InChI is InChI=1S/C38H70O12S/c1-3-5-7-9-11-13-15-16-17-19-21-23-25-27-34(40)49-31(28-47-33(39)26-24-22-20-18-14-12-10-8-6-4-2)29-48-38-37(43)36(42)35(41)32(50-38)30-51(44,45)46/h16-17,31-32,35-38,41-43H,3-15,18-30H2,1-2H3,(H,44,45,46)/b17-16+/t31-,32-,35-,36?,37?,38+/m1/s1. The van der Waals surface area contributed by atoms with Gasteiger partial charge in [0.25, 0.3) is 10.1 Å². The van der Waals surface area contributed by atoms with Gasteiger partial charge in [0.05, 0.1) is 6.61 Å². The van der Waals surface area contributed by atoms with Crippen molar-refractivity contribution < 1.29 is 56.8 Å². The summed E-state index contributed by atoms with van der Waals surface area (Å²) in [6.45, 7) is 3.70. The Morgan fingerprint density at radius 1 is 0.647 bits per heavy atom. The molecule has 51 heavy (non-hydrogen) atoms. The van der Waals surface area contributed by atoms with Gasteiger partial charge >= 0.3 is 11.9 Å². The van der Waals surface area contributed by atoms with Gasteiger partial charge in [0.1, 0.15) is 36.8 Å². The molecule has 300 valence electrons. The van der Waals surface area contributed by atoms with Gasteiger partial charge in [-0.05, 0) is 38.5 Å². The number of hydrogen-bond donors (Lipinski definition) is 4. The van der Waals surface area contributed by atoms with E-state index >= 15 is 0 Å². The van der Waals surface area contributed by atoms with Crippen LogP contribution in [0, 0.1) is 0 Å². The van der Waals surface area contributed by atoms with Gasteiger partial charge in [0.15, 0.2) is 12.4 Å². The zero-order valence-corrected chi connectivity index (χ0v) is 32.3. The van der Waals surface area contributed by atoms with Crippen LogP contribution in [0.25, 0.3) is 0 Å². The number of ether oxygens (including phenoxy) is 4. The van der Waals surface area contributed by atoms with Gasteiger partial charge < -0.3 is 34.3 Å². The minimum atomic E-state index is -4.59. The first-order chi connectivity index (χ1) is 24.5. The third-order valence-corrected chi connectivity index (χ3v) is 9.85. The molecule has 2 unspecified atom stereocenters. The molecule has 1 saturated heterocycles. The first-order valence-electron chi connectivity index (χ1n) is 19.7. The Labute approximate surface area is 307 Å². The normalized spacial score (nSPS) is 21.6. The SMILES string of the molecule is CCCCCCCC/C=C/CCCCCC(=O)O[C@H](COC(=O)CCCCCCCCCCCC)CO[C@H]1O[C@H](CS(=O)(=O)O)[C@@H](O)C(O)C1O. The number of rotatable bonds is 32. The topological polar surface area (TPSA) is 186 Å². The largest absolute Gasteiger partial charge is 0.462 e. The summed E-state index contributed by atoms with van der Waals surface area (Å²) < 4.78 is 53.8. The lowest BCUT2D eigenvalue weighted by Crippen LogP contribution is -2.60. The Hall–Kier alpha value is -1.61. The zero-order valence-electron chi connectivity index (χ0n) is 31.5. The van der Waals surface area contributed by atoms with E-state index in [1.807, 2.05) is 0 Å². The Kier molecular flexibility index (Phi) is 27.7. The highest BCUT2D eigenvalue weighted by Crippen LogP contribution is 2.24. The number of esters is 2. The first-order valence-corrected chi connectivity index (χ1v) is 21.4. The van der Waals surface area contributed by atoms with Gasteiger partial charge in [-0.2, -0.15) is 8.42 Å². The third-order valence-electron chi connectivity index (χ3n) is 9.10. The monoisotopic (exact) mass is 750 g/mol. The molecule has 6 atom stereocenters. The molecule has 13 heteroatoms. The van der Waals surface area contributed by atoms with Crippen molar-refractivity contribution in [2.24, 2.45) is 0 Å². The van der Waals surface area contributed by atoms with E-state index in [0.717, 1.165) is 44.9 Å². The summed E-state index contributed by atoms with van der Waals surface area (Å²) in [6.07, 6.45) is 18.5. The predicted octanol–water partition coefficient (Wildman–Crippen LogP) is 6.72. The van der Waals surface area contributed by atoms with Gasteiger partial charge in [-0.25, -0.2) is 0 Å². The summed E-state index contributed by atoms with van der Waals surface area (Å²) in [6, 6.07) is 0. The van der Waals surface area contributed by atoms with Gasteiger partial charge in [-0.15, -0.1) is 0 Å². The lowest BCUT2D eigenvalue weighted by molar-refractivity contribution is -0.297. The van der Waals surface area contributed by atoms with Crippen molar-refractivity contribution in [2.75, 3.05) is 19.0 Å². The molecule has 0 aromatic carbocycles. The third kappa shape index (κ3) is 25.1. The molecule has 0 amide bonds. The van der Waals surface area contributed by atoms with Crippen LogP contribution in [0.3, 0.4) is 0 Å². The average Bonchev–Trinajstić information content (AvgIpc) is 3.09. The van der Waals surface area contributed by atoms with E-state index in [1.54, 1.807) is 0 Å². The van der Waals surface area contributed by atoms with Crippen LogP contribution in [0.4, 0.5) is 0 Å². The van der Waals surface area contributed by atoms with Crippen molar-refractivity contribution in [1.29, 1.82) is 0 Å². The van der Waals surface area contributed by atoms with E-state index < -0.39 is 71.2 Å². The van der Waals surface area contributed by atoms with Gasteiger partial charge in [-0.3, -0.25) is 14.1 Å². The smallest absolute Gasteiger partial charge is 0.306 e. The number of carbonyl (C=O) groups excluding carboxylic acids is 2. The Morgan fingerprint density at radius 3 is 1.65 bits per heavy atom. The Balaban J connectivity index is 2.53. The van der Waals surface area contributed by atoms with Crippen LogP contribution in [-0.4, -0.2) is 96.0 Å². The lowest BCUT2D eigenvalue weighted by atomic mass is 10.00. The Morgan fingerprint density at radius 2 is 1.12 bits per heavy atom. The van der Waals surface area contributed by atoms with Crippen LogP contribution in [0.15, 0.2) is 12.2 Å². The molecular weight excluding hydrogens is 680 g/mol. The number of carbonyl (C=O) groups is 2. The molecule has 4 N–H and O–H groups in total. The quantitative estimate of drug-likeness (QED) is 0.0247. The van der Waals surface area contributed by atoms with Crippen molar-refractivity contribution in [2.45, 2.75) is 198 Å². The molecule has 0 aromatic heterocycles. The molecule has 1 heterocycles. The highest BCUT2D eigenvalue weighted by Gasteiger charge is 2.46. The van der Waals surface area contributed by atoms with Crippen LogP contribution in [0.2, 0.25) is 0 Å². The molecule has 0 aliphatic carbocycles. The maximum Gasteiger partial charge on any atom is 0.306 e. The van der Waals surface area contributed by atoms with E-state index in [0.29, 0.717) is 12.8 Å². The fourth-order valence-corrected chi connectivity index (χ4v) is 6.65. The van der Waals surface area contributed by atoms with E-state index in [2.05, 4.69) is 26.0 Å². The lowest BCUT2D eigenvalue weighted by Gasteiger charge is -2.40. The fraction of sp³-hybridized carbons (Fsp3) is 0.895. The van der Waals surface area contributed by atoms with E-state index in [4.69, 9.17) is 18.9 Å². The maximum absolute atomic E-state index is 12.7. The number of aliphatic hydroxyl groups excluding tert-OH is 3. The fourth-order valence-electron chi connectivity index (χ4n) is 5.96. The van der Waals surface area contributed by atoms with Crippen molar-refractivity contribution in [1.82, 2.24) is 0 Å². The zero-order chi connectivity index (χ0) is 37.7. The number of unbranched alkanes of at least 4 members (excludes halogenated alkanes) is 18. The van der Waals surface area contributed by atoms with Crippen molar-refractivity contribution >= 4 is 22.1 Å². The summed E-state index contributed by atoms with van der Waals surface area (Å²) in [5.74, 6) is -2.00. The molecule has 1 aliphatic rings. The summed E-state index contributed by atoms with van der Waals surface area (Å²) in [5, 5.41) is 30.7. The molecule has 1 aliphatic heterocycles. The molecule has 12 nitrogen and oxygen atoms in total. The molecule has 1 fully saturated rings. The molecule has 1 rings (SSSR count). The first kappa shape index (κ1) is 47.4. The van der Waals surface area contributed by atoms with Crippen LogP contribution >= 0.6 is 0 Å². The van der Waals surface area contributed by atoms with Gasteiger partial charge in [-0.1, -0.05) is 122 Å². The second kappa shape index (κ2) is 29.8. The molecule has 0 bridgehead atoms. The van der Waals surface area contributed by atoms with Gasteiger partial charge in [0, 0.05) is 12.8 Å². The highest BCUT2D eigenvalue weighted by atomic mass is 32.2. The molecule has 0 radical (unpaired) electrons. The molecule has 0 aromatic rings. The van der Waals surface area contributed by atoms with Crippen LogP contribution in [0.5, 0.6) is 0 Å². The number of hydrogen-bond acceptors (Lipinski definition) is 11. The summed E-state index contributed by atoms with van der Waals surface area (Å²) in [5.41, 5.74) is 0. The van der Waals surface area contributed by atoms with Crippen LogP contribution < -0.4 is 0 Å². The second-order valence-electron chi connectivity index (χ2n) is 14.0. The molecule has 0 saturated carbocycles. The summed E-state index contributed by atoms with van der Waals surface area (Å²) in [4.78, 5) is 25.2. The van der Waals surface area contributed by atoms with Crippen molar-refractivity contribution in [3.8, 4) is 0 Å². The number of aliphatic hydroxyl groups is 3. The second-order valence-corrected chi connectivity index (χ2v) is 15.4.